The predicted octanol–water partition coefficient (Wildman–Crippen LogP) is 2.55. The molecule has 3 nitrogen and oxygen atoms in total. The van der Waals surface area contributed by atoms with Gasteiger partial charge in [-0.2, -0.15) is 0 Å². The van der Waals surface area contributed by atoms with Crippen LogP contribution in [0.2, 0.25) is 0 Å². The Bertz CT molecular complexity index is 567. The fraction of sp³-hybridized carbons (Fsp3) is 0.571. The van der Waals surface area contributed by atoms with Crippen molar-refractivity contribution in [1.82, 2.24) is 0 Å². The van der Waals surface area contributed by atoms with E-state index in [1.807, 2.05) is 6.07 Å². The molecule has 18 heavy (non-hydrogen) atoms. The van der Waals surface area contributed by atoms with Crippen LogP contribution in [-0.2, 0) is 10.0 Å². The molecule has 0 aromatic heterocycles. The minimum Gasteiger partial charge on any atom is -0.225 e. The highest BCUT2D eigenvalue weighted by molar-refractivity contribution is 7.89. The fourth-order valence-corrected chi connectivity index (χ4v) is 4.43. The van der Waals surface area contributed by atoms with Crippen molar-refractivity contribution in [2.75, 3.05) is 0 Å². The van der Waals surface area contributed by atoms with Gasteiger partial charge in [-0.25, -0.2) is 13.6 Å². The topological polar surface area (TPSA) is 60.2 Å². The van der Waals surface area contributed by atoms with Gasteiger partial charge in [0.2, 0.25) is 10.0 Å². The molecule has 0 aliphatic heterocycles. The molecular formula is C14H19NO2S. The van der Waals surface area contributed by atoms with E-state index >= 15 is 0 Å². The summed E-state index contributed by atoms with van der Waals surface area (Å²) in [5.41, 5.74) is 1.91. The first kappa shape index (κ1) is 12.2. The summed E-state index contributed by atoms with van der Waals surface area (Å²) < 4.78 is 23.1. The smallest absolute Gasteiger partial charge is 0.225 e. The van der Waals surface area contributed by atoms with Crippen LogP contribution in [0.1, 0.15) is 42.7 Å². The molecule has 0 bridgehead atoms. The van der Waals surface area contributed by atoms with Crippen molar-refractivity contribution in [3.63, 3.8) is 0 Å². The number of sulfonamides is 1. The highest BCUT2D eigenvalue weighted by atomic mass is 32.2. The Morgan fingerprint density at radius 1 is 1.17 bits per heavy atom. The highest BCUT2D eigenvalue weighted by Crippen LogP contribution is 2.61. The normalized spacial score (nSPS) is 30.9. The first-order chi connectivity index (χ1) is 8.48. The molecule has 0 radical (unpaired) electrons. The van der Waals surface area contributed by atoms with Crippen molar-refractivity contribution in [3.05, 3.63) is 29.3 Å². The van der Waals surface area contributed by atoms with Gasteiger partial charge in [0.25, 0.3) is 0 Å². The molecule has 0 heterocycles. The first-order valence-corrected chi connectivity index (χ1v) is 8.16. The first-order valence-electron chi connectivity index (χ1n) is 6.62. The van der Waals surface area contributed by atoms with E-state index in [9.17, 15) is 8.42 Å². The van der Waals surface area contributed by atoms with Crippen LogP contribution in [0.5, 0.6) is 0 Å². The molecule has 98 valence electrons. The lowest BCUT2D eigenvalue weighted by Crippen LogP contribution is -2.14. The Labute approximate surface area is 108 Å². The lowest BCUT2D eigenvalue weighted by atomic mass is 10.0. The van der Waals surface area contributed by atoms with Gasteiger partial charge < -0.3 is 0 Å². The number of benzene rings is 1. The number of nitrogens with two attached hydrogens (primary N) is 1. The number of fused-ring (bicyclic) bond motifs is 1. The Hall–Kier alpha value is -0.870. The van der Waals surface area contributed by atoms with E-state index in [4.69, 9.17) is 5.14 Å². The molecule has 2 unspecified atom stereocenters. The van der Waals surface area contributed by atoms with E-state index in [0.29, 0.717) is 10.8 Å². The summed E-state index contributed by atoms with van der Waals surface area (Å²) in [6, 6.07) is 5.76. The summed E-state index contributed by atoms with van der Waals surface area (Å²) >= 11 is 0. The second-order valence-corrected chi connectivity index (χ2v) is 7.24. The largest absolute Gasteiger partial charge is 0.238 e. The number of hydrogen-bond acceptors (Lipinski definition) is 2. The van der Waals surface area contributed by atoms with E-state index in [1.54, 1.807) is 13.0 Å². The van der Waals surface area contributed by atoms with Gasteiger partial charge in [0.05, 0.1) is 4.90 Å². The zero-order chi connectivity index (χ0) is 12.9. The molecule has 2 N–H and O–H groups in total. The third-order valence-electron chi connectivity index (χ3n) is 4.56. The summed E-state index contributed by atoms with van der Waals surface area (Å²) in [5, 5.41) is 5.27. The molecule has 0 amide bonds. The SMILES string of the molecule is Cc1ccc(C2C3CCCCC32)cc1S(N)(=O)=O. The van der Waals surface area contributed by atoms with E-state index in [1.165, 1.54) is 31.2 Å². The zero-order valence-corrected chi connectivity index (χ0v) is 11.4. The van der Waals surface area contributed by atoms with Crippen LogP contribution in [0.4, 0.5) is 0 Å². The van der Waals surface area contributed by atoms with Gasteiger partial charge >= 0.3 is 0 Å². The molecule has 2 aliphatic carbocycles. The molecule has 2 aliphatic rings. The Kier molecular flexibility index (Phi) is 2.75. The zero-order valence-electron chi connectivity index (χ0n) is 10.6. The van der Waals surface area contributed by atoms with Crippen LogP contribution >= 0.6 is 0 Å². The molecule has 2 saturated carbocycles. The Morgan fingerprint density at radius 2 is 1.78 bits per heavy atom. The van der Waals surface area contributed by atoms with Crippen LogP contribution in [0.3, 0.4) is 0 Å². The van der Waals surface area contributed by atoms with Crippen LogP contribution in [0.15, 0.2) is 23.1 Å². The number of aryl methyl sites for hydroxylation is 1. The maximum Gasteiger partial charge on any atom is 0.238 e. The van der Waals surface area contributed by atoms with Crippen LogP contribution in [0, 0.1) is 18.8 Å². The molecule has 1 aromatic carbocycles. The third-order valence-corrected chi connectivity index (χ3v) is 5.61. The molecule has 0 saturated heterocycles. The van der Waals surface area contributed by atoms with Gasteiger partial charge in [0, 0.05) is 0 Å². The lowest BCUT2D eigenvalue weighted by molar-refractivity contribution is 0.480. The summed E-state index contributed by atoms with van der Waals surface area (Å²) in [6.45, 7) is 1.80. The maximum absolute atomic E-state index is 11.5. The minimum absolute atomic E-state index is 0.295. The van der Waals surface area contributed by atoms with Gasteiger partial charge in [0.1, 0.15) is 0 Å². The van der Waals surface area contributed by atoms with E-state index in [2.05, 4.69) is 6.07 Å². The van der Waals surface area contributed by atoms with Crippen molar-refractivity contribution in [2.45, 2.75) is 43.4 Å². The van der Waals surface area contributed by atoms with Crippen molar-refractivity contribution in [3.8, 4) is 0 Å². The van der Waals surface area contributed by atoms with Crippen molar-refractivity contribution >= 4 is 10.0 Å². The average Bonchev–Trinajstić information content (AvgIpc) is 3.02. The maximum atomic E-state index is 11.5. The average molecular weight is 265 g/mol. The number of primary sulfonamides is 1. The van der Waals surface area contributed by atoms with E-state index < -0.39 is 10.0 Å². The highest BCUT2D eigenvalue weighted by Gasteiger charge is 2.51. The van der Waals surface area contributed by atoms with Crippen LogP contribution in [0.25, 0.3) is 0 Å². The van der Waals surface area contributed by atoms with Crippen LogP contribution < -0.4 is 5.14 Å². The minimum atomic E-state index is -3.59. The fourth-order valence-electron chi connectivity index (χ4n) is 3.62. The molecule has 0 spiro atoms. The molecule has 2 atom stereocenters. The molecule has 4 heteroatoms. The van der Waals surface area contributed by atoms with Gasteiger partial charge in [-0.15, -0.1) is 0 Å². The van der Waals surface area contributed by atoms with Crippen molar-refractivity contribution < 1.29 is 8.42 Å². The predicted molar refractivity (Wildman–Crippen MR) is 70.7 cm³/mol. The van der Waals surface area contributed by atoms with Gasteiger partial charge in [-0.3, -0.25) is 0 Å². The third kappa shape index (κ3) is 1.97. The quantitative estimate of drug-likeness (QED) is 0.893. The summed E-state index contributed by atoms with van der Waals surface area (Å²) in [5.74, 6) is 2.15. The molecule has 2 fully saturated rings. The van der Waals surface area contributed by atoms with Crippen molar-refractivity contribution in [2.24, 2.45) is 17.0 Å². The standard InChI is InChI=1S/C14H19NO2S/c1-9-6-7-10(8-13(9)18(15,16)17)14-11-4-2-3-5-12(11)14/h6-8,11-12,14H,2-5H2,1H3,(H2,15,16,17). The summed E-state index contributed by atoms with van der Waals surface area (Å²) in [7, 11) is -3.59. The van der Waals surface area contributed by atoms with E-state index in [-0.39, 0.29) is 0 Å². The monoisotopic (exact) mass is 265 g/mol. The van der Waals surface area contributed by atoms with Crippen molar-refractivity contribution in [1.29, 1.82) is 0 Å². The van der Waals surface area contributed by atoms with E-state index in [0.717, 1.165) is 17.4 Å². The Morgan fingerprint density at radius 3 is 2.33 bits per heavy atom. The second-order valence-electron chi connectivity index (χ2n) is 5.71. The number of rotatable bonds is 2. The molecular weight excluding hydrogens is 246 g/mol. The number of hydrogen-bond donors (Lipinski definition) is 1. The Balaban J connectivity index is 1.95. The summed E-state index contributed by atoms with van der Waals surface area (Å²) in [4.78, 5) is 0.295. The van der Waals surface area contributed by atoms with Gasteiger partial charge in [0.15, 0.2) is 0 Å². The van der Waals surface area contributed by atoms with Gasteiger partial charge in [-0.1, -0.05) is 25.0 Å². The lowest BCUT2D eigenvalue weighted by Gasteiger charge is -2.07. The molecule has 3 rings (SSSR count). The van der Waals surface area contributed by atoms with Crippen LogP contribution in [-0.4, -0.2) is 8.42 Å². The molecule has 1 aromatic rings. The van der Waals surface area contributed by atoms with Gasteiger partial charge in [-0.05, 0) is 54.7 Å². The summed E-state index contributed by atoms with van der Waals surface area (Å²) in [6.07, 6.45) is 5.25. The second kappa shape index (κ2) is 4.07.